The molecule has 0 aliphatic heterocycles. The van der Waals surface area contributed by atoms with Gasteiger partial charge in [-0.05, 0) is 47.9 Å². The number of ether oxygens (including phenoxy) is 1. The Kier molecular flexibility index (Phi) is 7.94. The van der Waals surface area contributed by atoms with Crippen LogP contribution in [0.2, 0.25) is 0 Å². The van der Waals surface area contributed by atoms with Gasteiger partial charge in [-0.15, -0.1) is 0 Å². The van der Waals surface area contributed by atoms with Gasteiger partial charge in [0.1, 0.15) is 0 Å². The molecule has 7 nitrogen and oxygen atoms in total. The number of nitrogens with one attached hydrogen (secondary N) is 2. The number of hydrogen-bond donors (Lipinski definition) is 4. The van der Waals surface area contributed by atoms with Crippen molar-refractivity contribution in [1.82, 2.24) is 5.32 Å². The second kappa shape index (κ2) is 10.9. The molecule has 3 aromatic rings. The number of rotatable bonds is 9. The molecule has 0 saturated heterocycles. The summed E-state index contributed by atoms with van der Waals surface area (Å²) in [4.78, 5) is 25.4. The third kappa shape index (κ3) is 5.50. The van der Waals surface area contributed by atoms with Crippen molar-refractivity contribution < 1.29 is 14.3 Å². The first-order valence-electron chi connectivity index (χ1n) is 10.7. The Morgan fingerprint density at radius 2 is 1.81 bits per heavy atom. The lowest BCUT2D eigenvalue weighted by molar-refractivity contribution is -0.117. The number of benzene rings is 3. The van der Waals surface area contributed by atoms with Gasteiger partial charge >= 0.3 is 0 Å². The smallest absolute Gasteiger partial charge is 0.252 e. The first kappa shape index (κ1) is 23.4. The number of anilines is 1. The number of fused-ring (bicyclic) bond motifs is 1. The predicted molar refractivity (Wildman–Crippen MR) is 127 cm³/mol. The fourth-order valence-electron chi connectivity index (χ4n) is 3.53. The highest BCUT2D eigenvalue weighted by Gasteiger charge is 2.18. The van der Waals surface area contributed by atoms with Gasteiger partial charge in [0, 0.05) is 24.4 Å². The highest BCUT2D eigenvalue weighted by Crippen LogP contribution is 2.25. The molecule has 0 saturated carbocycles. The Labute approximate surface area is 188 Å². The Hall–Kier alpha value is -3.26. The van der Waals surface area contributed by atoms with E-state index in [0.717, 1.165) is 21.9 Å². The Balaban J connectivity index is 1.87. The predicted octanol–water partition coefficient (Wildman–Crippen LogP) is 3.09. The summed E-state index contributed by atoms with van der Waals surface area (Å²) in [6.45, 7) is 4.69. The molecule has 0 unspecified atom stereocenters. The van der Waals surface area contributed by atoms with Crippen LogP contribution in [0.5, 0.6) is 0 Å². The van der Waals surface area contributed by atoms with E-state index >= 15 is 0 Å². The molecule has 3 rings (SSSR count). The largest absolute Gasteiger partial charge is 0.377 e. The molecule has 0 fully saturated rings. The van der Waals surface area contributed by atoms with Crippen LogP contribution in [0.25, 0.3) is 10.8 Å². The molecule has 0 heterocycles. The fraction of sp³-hybridized carbons (Fsp3) is 0.280. The van der Waals surface area contributed by atoms with Crippen LogP contribution in [0.1, 0.15) is 41.4 Å². The molecule has 7 heteroatoms. The zero-order chi connectivity index (χ0) is 23.1. The van der Waals surface area contributed by atoms with E-state index in [0.29, 0.717) is 24.5 Å². The maximum Gasteiger partial charge on any atom is 0.252 e. The van der Waals surface area contributed by atoms with E-state index in [2.05, 4.69) is 10.6 Å². The van der Waals surface area contributed by atoms with Crippen molar-refractivity contribution in [3.8, 4) is 0 Å². The quantitative estimate of drug-likeness (QED) is 0.413. The van der Waals surface area contributed by atoms with Crippen LogP contribution in [0, 0.1) is 0 Å². The Bertz CT molecular complexity index is 1090. The first-order valence-corrected chi connectivity index (χ1v) is 10.7. The van der Waals surface area contributed by atoms with Gasteiger partial charge in [-0.25, -0.2) is 0 Å². The standard InChI is InChI=1S/C25H30N4O3/c1-3-32-15-18-11-12-19(29-25(31)23(27)14-26)13-22(18)24(30)28-16(2)20-10-6-8-17-7-4-5-9-21(17)20/h4-13,16,23H,3,14-15,26-27H2,1-2H3,(H,28,30)(H,29,31)/t16-,23+/m1/s1. The molecular weight excluding hydrogens is 404 g/mol. The van der Waals surface area contributed by atoms with Gasteiger partial charge in [0.25, 0.3) is 5.91 Å². The van der Waals surface area contributed by atoms with Gasteiger partial charge in [-0.2, -0.15) is 0 Å². The molecule has 3 aromatic carbocycles. The summed E-state index contributed by atoms with van der Waals surface area (Å²) in [6, 6.07) is 18.2. The van der Waals surface area contributed by atoms with E-state index in [1.54, 1.807) is 18.2 Å². The Morgan fingerprint density at radius 3 is 2.56 bits per heavy atom. The third-order valence-electron chi connectivity index (χ3n) is 5.31. The summed E-state index contributed by atoms with van der Waals surface area (Å²) in [7, 11) is 0. The van der Waals surface area contributed by atoms with Crippen LogP contribution >= 0.6 is 0 Å². The Morgan fingerprint density at radius 1 is 1.06 bits per heavy atom. The average Bonchev–Trinajstić information content (AvgIpc) is 2.82. The van der Waals surface area contributed by atoms with E-state index in [1.165, 1.54) is 0 Å². The summed E-state index contributed by atoms with van der Waals surface area (Å²) in [5.74, 6) is -0.653. The normalized spacial score (nSPS) is 12.9. The van der Waals surface area contributed by atoms with E-state index in [4.69, 9.17) is 16.2 Å². The maximum absolute atomic E-state index is 13.3. The topological polar surface area (TPSA) is 119 Å². The maximum atomic E-state index is 13.3. The second-order valence-corrected chi connectivity index (χ2v) is 7.60. The van der Waals surface area contributed by atoms with Crippen LogP contribution in [-0.2, 0) is 16.1 Å². The van der Waals surface area contributed by atoms with Gasteiger partial charge in [0.2, 0.25) is 5.91 Å². The lowest BCUT2D eigenvalue weighted by atomic mass is 9.99. The summed E-state index contributed by atoms with van der Waals surface area (Å²) < 4.78 is 5.53. The van der Waals surface area contributed by atoms with Gasteiger partial charge in [-0.3, -0.25) is 9.59 Å². The zero-order valence-corrected chi connectivity index (χ0v) is 18.4. The van der Waals surface area contributed by atoms with E-state index in [1.807, 2.05) is 56.3 Å². The van der Waals surface area contributed by atoms with Gasteiger partial charge < -0.3 is 26.8 Å². The molecule has 0 radical (unpaired) electrons. The van der Waals surface area contributed by atoms with Crippen molar-refractivity contribution in [3.05, 3.63) is 77.4 Å². The highest BCUT2D eigenvalue weighted by atomic mass is 16.5. The van der Waals surface area contributed by atoms with Crippen molar-refractivity contribution >= 4 is 28.3 Å². The molecule has 32 heavy (non-hydrogen) atoms. The minimum atomic E-state index is -0.818. The van der Waals surface area contributed by atoms with Crippen molar-refractivity contribution in [2.24, 2.45) is 11.5 Å². The molecule has 0 aliphatic rings. The van der Waals surface area contributed by atoms with Crippen LogP contribution in [-0.4, -0.2) is 31.0 Å². The van der Waals surface area contributed by atoms with Gasteiger partial charge in [0.05, 0.1) is 18.7 Å². The van der Waals surface area contributed by atoms with Crippen LogP contribution in [0.3, 0.4) is 0 Å². The number of carbonyl (C=O) groups is 2. The molecule has 168 valence electrons. The van der Waals surface area contributed by atoms with Crippen molar-refractivity contribution in [3.63, 3.8) is 0 Å². The third-order valence-corrected chi connectivity index (χ3v) is 5.31. The summed E-state index contributed by atoms with van der Waals surface area (Å²) in [6.07, 6.45) is 0. The van der Waals surface area contributed by atoms with E-state index in [9.17, 15) is 9.59 Å². The minimum absolute atomic E-state index is 0.0319. The molecule has 0 aromatic heterocycles. The molecular formula is C25H30N4O3. The number of nitrogens with two attached hydrogens (primary N) is 2. The van der Waals surface area contributed by atoms with Gasteiger partial charge in [0.15, 0.2) is 0 Å². The summed E-state index contributed by atoms with van der Waals surface area (Å²) >= 11 is 0. The summed E-state index contributed by atoms with van der Waals surface area (Å²) in [5.41, 5.74) is 13.8. The van der Waals surface area contributed by atoms with Crippen molar-refractivity contribution in [2.75, 3.05) is 18.5 Å². The molecule has 2 amide bonds. The molecule has 0 spiro atoms. The SMILES string of the molecule is CCOCc1ccc(NC(=O)[C@@H](N)CN)cc1C(=O)N[C@H](C)c1cccc2ccccc12. The van der Waals surface area contributed by atoms with Crippen LogP contribution in [0.4, 0.5) is 5.69 Å². The van der Waals surface area contributed by atoms with Crippen LogP contribution < -0.4 is 22.1 Å². The fourth-order valence-corrected chi connectivity index (χ4v) is 3.53. The van der Waals surface area contributed by atoms with Crippen molar-refractivity contribution in [2.45, 2.75) is 32.5 Å². The van der Waals surface area contributed by atoms with E-state index in [-0.39, 0.29) is 18.5 Å². The van der Waals surface area contributed by atoms with Crippen molar-refractivity contribution in [1.29, 1.82) is 0 Å². The molecule has 6 N–H and O–H groups in total. The van der Waals surface area contributed by atoms with E-state index < -0.39 is 11.9 Å². The first-order chi connectivity index (χ1) is 15.4. The minimum Gasteiger partial charge on any atom is -0.377 e. The number of hydrogen-bond acceptors (Lipinski definition) is 5. The number of amides is 2. The summed E-state index contributed by atoms with van der Waals surface area (Å²) in [5, 5.41) is 8.01. The zero-order valence-electron chi connectivity index (χ0n) is 18.4. The monoisotopic (exact) mass is 434 g/mol. The molecule has 2 atom stereocenters. The number of carbonyl (C=O) groups excluding carboxylic acids is 2. The molecule has 0 aliphatic carbocycles. The lowest BCUT2D eigenvalue weighted by Crippen LogP contribution is -2.41. The second-order valence-electron chi connectivity index (χ2n) is 7.60. The van der Waals surface area contributed by atoms with Crippen LogP contribution in [0.15, 0.2) is 60.7 Å². The lowest BCUT2D eigenvalue weighted by Gasteiger charge is -2.19. The average molecular weight is 435 g/mol. The van der Waals surface area contributed by atoms with Gasteiger partial charge in [-0.1, -0.05) is 48.5 Å². The highest BCUT2D eigenvalue weighted by molar-refractivity contribution is 6.00. The molecule has 0 bridgehead atoms.